The first-order valence-electron chi connectivity index (χ1n) is 3.24. The van der Waals surface area contributed by atoms with Crippen molar-refractivity contribution >= 4 is 0 Å². The molecule has 1 aromatic carbocycles. The Morgan fingerprint density at radius 2 is 1.82 bits per heavy atom. The molecule has 0 aromatic heterocycles. The standard InChI is InChI=1S/C8H8F2N/c1-11-5-6-7(9)3-2-4-8(6)10/h2-4H,5H2,1H3/q-1. The lowest BCUT2D eigenvalue weighted by molar-refractivity contribution is 0.561. The molecule has 0 aliphatic heterocycles. The number of benzene rings is 1. The zero-order valence-electron chi connectivity index (χ0n) is 6.14. The van der Waals surface area contributed by atoms with E-state index in [1.807, 2.05) is 0 Å². The third-order valence-corrected chi connectivity index (χ3v) is 1.38. The van der Waals surface area contributed by atoms with E-state index in [1.54, 1.807) is 0 Å². The van der Waals surface area contributed by atoms with Crippen LogP contribution in [0.3, 0.4) is 0 Å². The molecule has 0 saturated heterocycles. The van der Waals surface area contributed by atoms with E-state index in [0.29, 0.717) is 0 Å². The summed E-state index contributed by atoms with van der Waals surface area (Å²) in [6.07, 6.45) is 0. The summed E-state index contributed by atoms with van der Waals surface area (Å²) in [5, 5.41) is 3.65. The lowest BCUT2D eigenvalue weighted by Crippen LogP contribution is -1.93. The molecule has 1 nitrogen and oxygen atoms in total. The Kier molecular flexibility index (Phi) is 2.54. The molecular weight excluding hydrogens is 148 g/mol. The van der Waals surface area contributed by atoms with Gasteiger partial charge in [-0.2, -0.15) is 7.05 Å². The molecule has 0 N–H and O–H groups in total. The van der Waals surface area contributed by atoms with Crippen LogP contribution in [0.5, 0.6) is 0 Å². The second kappa shape index (κ2) is 3.44. The quantitative estimate of drug-likeness (QED) is 0.624. The summed E-state index contributed by atoms with van der Waals surface area (Å²) < 4.78 is 25.5. The molecule has 0 heterocycles. The average molecular weight is 156 g/mol. The van der Waals surface area contributed by atoms with Gasteiger partial charge in [0.15, 0.2) is 0 Å². The van der Waals surface area contributed by atoms with Gasteiger partial charge in [-0.05, 0) is 12.1 Å². The molecule has 0 amide bonds. The number of rotatable bonds is 2. The van der Waals surface area contributed by atoms with Gasteiger partial charge in [0.25, 0.3) is 0 Å². The van der Waals surface area contributed by atoms with Crippen LogP contribution in [-0.2, 0) is 6.54 Å². The molecule has 11 heavy (non-hydrogen) atoms. The fourth-order valence-corrected chi connectivity index (χ4v) is 0.842. The van der Waals surface area contributed by atoms with Crippen molar-refractivity contribution in [1.82, 2.24) is 0 Å². The van der Waals surface area contributed by atoms with Crippen molar-refractivity contribution in [3.05, 3.63) is 40.7 Å². The zero-order chi connectivity index (χ0) is 8.27. The Morgan fingerprint density at radius 3 is 2.27 bits per heavy atom. The maximum atomic E-state index is 12.7. The largest absolute Gasteiger partial charge is 0.661 e. The molecule has 0 aliphatic carbocycles. The molecule has 0 aliphatic rings. The highest BCUT2D eigenvalue weighted by Crippen LogP contribution is 2.13. The molecule has 0 saturated carbocycles. The summed E-state index contributed by atoms with van der Waals surface area (Å²) >= 11 is 0. The van der Waals surface area contributed by atoms with E-state index in [-0.39, 0.29) is 12.1 Å². The Bertz CT molecular complexity index is 228. The summed E-state index contributed by atoms with van der Waals surface area (Å²) in [6, 6.07) is 3.79. The van der Waals surface area contributed by atoms with Gasteiger partial charge in [0.05, 0.1) is 0 Å². The molecule has 1 rings (SSSR count). The van der Waals surface area contributed by atoms with Crippen LogP contribution in [0.1, 0.15) is 5.56 Å². The van der Waals surface area contributed by atoms with Crippen molar-refractivity contribution in [3.63, 3.8) is 0 Å². The van der Waals surface area contributed by atoms with Crippen molar-refractivity contribution < 1.29 is 8.78 Å². The van der Waals surface area contributed by atoms with Gasteiger partial charge in [-0.3, -0.25) is 0 Å². The molecule has 3 heteroatoms. The number of halogens is 2. The minimum absolute atomic E-state index is 0.0370. The number of hydrogen-bond acceptors (Lipinski definition) is 0. The monoisotopic (exact) mass is 156 g/mol. The van der Waals surface area contributed by atoms with E-state index in [1.165, 1.54) is 25.2 Å². The first kappa shape index (κ1) is 8.14. The van der Waals surface area contributed by atoms with E-state index in [4.69, 9.17) is 0 Å². The topological polar surface area (TPSA) is 14.1 Å². The lowest BCUT2D eigenvalue weighted by atomic mass is 10.2. The van der Waals surface area contributed by atoms with Gasteiger partial charge < -0.3 is 5.32 Å². The SMILES string of the molecule is C[N-]Cc1c(F)cccc1F. The average Bonchev–Trinajstić information content (AvgIpc) is 1.97. The van der Waals surface area contributed by atoms with Crippen LogP contribution in [-0.4, -0.2) is 7.05 Å². The molecule has 0 radical (unpaired) electrons. The minimum atomic E-state index is -0.532. The Balaban J connectivity index is 3.00. The molecule has 0 fully saturated rings. The van der Waals surface area contributed by atoms with Gasteiger partial charge in [0.1, 0.15) is 11.6 Å². The van der Waals surface area contributed by atoms with E-state index in [0.717, 1.165) is 0 Å². The van der Waals surface area contributed by atoms with Crippen LogP contribution in [0.2, 0.25) is 0 Å². The predicted molar refractivity (Wildman–Crippen MR) is 39.3 cm³/mol. The molecule has 0 spiro atoms. The van der Waals surface area contributed by atoms with Gasteiger partial charge in [0, 0.05) is 5.56 Å². The molecule has 0 bridgehead atoms. The molecule has 1 aromatic rings. The lowest BCUT2D eigenvalue weighted by Gasteiger charge is -2.12. The predicted octanol–water partition coefficient (Wildman–Crippen LogP) is 2.47. The fourth-order valence-electron chi connectivity index (χ4n) is 0.842. The van der Waals surface area contributed by atoms with Crippen molar-refractivity contribution in [2.24, 2.45) is 0 Å². The van der Waals surface area contributed by atoms with E-state index >= 15 is 0 Å². The van der Waals surface area contributed by atoms with Gasteiger partial charge >= 0.3 is 0 Å². The van der Waals surface area contributed by atoms with Gasteiger partial charge in [-0.1, -0.05) is 6.07 Å². The van der Waals surface area contributed by atoms with E-state index < -0.39 is 11.6 Å². The van der Waals surface area contributed by atoms with Gasteiger partial charge in [-0.25, -0.2) is 8.78 Å². The summed E-state index contributed by atoms with van der Waals surface area (Å²) in [5.41, 5.74) is 0.0370. The van der Waals surface area contributed by atoms with Crippen molar-refractivity contribution in [2.75, 3.05) is 7.05 Å². The summed E-state index contributed by atoms with van der Waals surface area (Å²) in [7, 11) is 1.52. The van der Waals surface area contributed by atoms with E-state index in [2.05, 4.69) is 5.32 Å². The van der Waals surface area contributed by atoms with Crippen LogP contribution in [0.15, 0.2) is 18.2 Å². The Labute approximate surface area is 64.0 Å². The summed E-state index contributed by atoms with van der Waals surface area (Å²) in [5.74, 6) is -1.06. The third kappa shape index (κ3) is 1.74. The first-order valence-corrected chi connectivity index (χ1v) is 3.24. The maximum absolute atomic E-state index is 12.7. The van der Waals surface area contributed by atoms with Gasteiger partial charge in [0.2, 0.25) is 0 Å². The van der Waals surface area contributed by atoms with Crippen LogP contribution in [0.4, 0.5) is 8.78 Å². The molecule has 60 valence electrons. The van der Waals surface area contributed by atoms with Gasteiger partial charge in [-0.15, -0.1) is 6.54 Å². The zero-order valence-corrected chi connectivity index (χ0v) is 6.14. The van der Waals surface area contributed by atoms with Crippen molar-refractivity contribution in [3.8, 4) is 0 Å². The maximum Gasteiger partial charge on any atom is 0.127 e. The molecule has 0 unspecified atom stereocenters. The third-order valence-electron chi connectivity index (χ3n) is 1.38. The first-order chi connectivity index (χ1) is 5.25. The van der Waals surface area contributed by atoms with Crippen LogP contribution in [0, 0.1) is 11.6 Å². The summed E-state index contributed by atoms with van der Waals surface area (Å²) in [4.78, 5) is 0. The minimum Gasteiger partial charge on any atom is -0.661 e. The van der Waals surface area contributed by atoms with Crippen LogP contribution in [0.25, 0.3) is 5.32 Å². The number of nitrogens with zero attached hydrogens (tertiary/aromatic N) is 1. The summed E-state index contributed by atoms with van der Waals surface area (Å²) in [6.45, 7) is 0.0957. The smallest absolute Gasteiger partial charge is 0.127 e. The van der Waals surface area contributed by atoms with E-state index in [9.17, 15) is 8.78 Å². The van der Waals surface area contributed by atoms with Crippen LogP contribution >= 0.6 is 0 Å². The Hall–Kier alpha value is -0.960. The van der Waals surface area contributed by atoms with Crippen molar-refractivity contribution in [2.45, 2.75) is 6.54 Å². The second-order valence-corrected chi connectivity index (χ2v) is 2.17. The van der Waals surface area contributed by atoms with Crippen molar-refractivity contribution in [1.29, 1.82) is 0 Å². The second-order valence-electron chi connectivity index (χ2n) is 2.17. The normalized spacial score (nSPS) is 10.1. The highest BCUT2D eigenvalue weighted by Gasteiger charge is 2.01. The fraction of sp³-hybridized carbons (Fsp3) is 0.250. The van der Waals surface area contributed by atoms with Crippen LogP contribution < -0.4 is 0 Å². The highest BCUT2D eigenvalue weighted by atomic mass is 19.1. The molecular formula is C8H8F2N-. The molecule has 0 atom stereocenters. The number of hydrogen-bond donors (Lipinski definition) is 0. The Morgan fingerprint density at radius 1 is 1.27 bits per heavy atom. The highest BCUT2D eigenvalue weighted by molar-refractivity contribution is 5.21.